The van der Waals surface area contributed by atoms with Gasteiger partial charge in [-0.2, -0.15) is 5.26 Å². The van der Waals surface area contributed by atoms with Crippen molar-refractivity contribution in [3.8, 4) is 6.07 Å². The topological polar surface area (TPSA) is 96.0 Å². The number of benzene rings is 1. The fourth-order valence-corrected chi connectivity index (χ4v) is 2.84. The van der Waals surface area contributed by atoms with Gasteiger partial charge in [-0.15, -0.1) is 0 Å². The van der Waals surface area contributed by atoms with E-state index in [9.17, 15) is 8.42 Å². The summed E-state index contributed by atoms with van der Waals surface area (Å²) in [6.07, 6.45) is 0. The smallest absolute Gasteiger partial charge is 0.241 e. The van der Waals surface area contributed by atoms with Crippen molar-refractivity contribution in [2.24, 2.45) is 0 Å². The van der Waals surface area contributed by atoms with Gasteiger partial charge >= 0.3 is 0 Å². The Labute approximate surface area is 123 Å². The van der Waals surface area contributed by atoms with Crippen molar-refractivity contribution in [2.45, 2.75) is 32.2 Å². The predicted molar refractivity (Wildman–Crippen MR) is 75.9 cm³/mol. The van der Waals surface area contributed by atoms with E-state index in [4.69, 9.17) is 9.68 Å². The second kappa shape index (κ2) is 5.68. The van der Waals surface area contributed by atoms with Gasteiger partial charge in [0, 0.05) is 0 Å². The Morgan fingerprint density at radius 2 is 2.05 bits per heavy atom. The molecule has 0 atom stereocenters. The molecule has 1 N–H and O–H groups in total. The average molecular weight is 305 g/mol. The molecule has 0 aliphatic heterocycles. The third-order valence-electron chi connectivity index (χ3n) is 3.11. The summed E-state index contributed by atoms with van der Waals surface area (Å²) in [7, 11) is -3.67. The molecule has 6 nitrogen and oxygen atoms in total. The fraction of sp³-hybridized carbons (Fsp3) is 0.286. The van der Waals surface area contributed by atoms with Crippen LogP contribution in [0.1, 0.15) is 28.5 Å². The molecular weight excluding hydrogens is 290 g/mol. The van der Waals surface area contributed by atoms with Gasteiger partial charge in [-0.3, -0.25) is 0 Å². The van der Waals surface area contributed by atoms with Crippen LogP contribution in [-0.2, 0) is 16.6 Å². The first-order valence-electron chi connectivity index (χ1n) is 6.27. The molecule has 110 valence electrons. The summed E-state index contributed by atoms with van der Waals surface area (Å²) < 4.78 is 32.1. The van der Waals surface area contributed by atoms with Crippen molar-refractivity contribution in [3.63, 3.8) is 0 Å². The van der Waals surface area contributed by atoms with Crippen LogP contribution in [0.15, 0.2) is 27.5 Å². The zero-order valence-electron chi connectivity index (χ0n) is 12.0. The lowest BCUT2D eigenvalue weighted by Crippen LogP contribution is -2.23. The van der Waals surface area contributed by atoms with Gasteiger partial charge in [-0.25, -0.2) is 18.1 Å². The lowest BCUT2D eigenvalue weighted by Gasteiger charge is -2.06. The molecule has 0 aliphatic rings. The van der Waals surface area contributed by atoms with Crippen LogP contribution in [-0.4, -0.2) is 13.4 Å². The maximum absolute atomic E-state index is 12.2. The molecule has 0 bridgehead atoms. The molecule has 0 saturated carbocycles. The molecule has 21 heavy (non-hydrogen) atoms. The highest BCUT2D eigenvalue weighted by atomic mass is 32.2. The van der Waals surface area contributed by atoms with E-state index in [2.05, 4.69) is 9.71 Å². The van der Waals surface area contributed by atoms with E-state index in [0.29, 0.717) is 22.8 Å². The lowest BCUT2D eigenvalue weighted by atomic mass is 10.1. The number of nitrogens with zero attached hydrogens (tertiary/aromatic N) is 2. The number of hydrogen-bond acceptors (Lipinski definition) is 5. The minimum absolute atomic E-state index is 0.0178. The van der Waals surface area contributed by atoms with Crippen molar-refractivity contribution in [1.29, 1.82) is 5.26 Å². The van der Waals surface area contributed by atoms with E-state index in [1.807, 2.05) is 6.07 Å². The number of sulfonamides is 1. The van der Waals surface area contributed by atoms with Crippen LogP contribution in [0.4, 0.5) is 0 Å². The molecule has 1 aromatic carbocycles. The van der Waals surface area contributed by atoms with Gasteiger partial charge in [0.1, 0.15) is 5.76 Å². The number of nitriles is 1. The summed E-state index contributed by atoms with van der Waals surface area (Å²) in [5.74, 6) is 0.984. The molecular formula is C14H15N3O3S. The Morgan fingerprint density at radius 1 is 1.33 bits per heavy atom. The van der Waals surface area contributed by atoms with Gasteiger partial charge in [-0.1, -0.05) is 0 Å². The number of aromatic nitrogens is 1. The number of aryl methyl sites for hydroxylation is 3. The van der Waals surface area contributed by atoms with E-state index in [-0.39, 0.29) is 11.4 Å². The molecule has 0 fully saturated rings. The summed E-state index contributed by atoms with van der Waals surface area (Å²) in [5, 5.41) is 8.86. The second-order valence-corrected chi connectivity index (χ2v) is 6.43. The minimum Gasteiger partial charge on any atom is -0.444 e. The first-order chi connectivity index (χ1) is 9.83. The molecule has 0 saturated heterocycles. The van der Waals surface area contributed by atoms with Crippen LogP contribution in [0.3, 0.4) is 0 Å². The maximum atomic E-state index is 12.2. The van der Waals surface area contributed by atoms with Crippen molar-refractivity contribution in [3.05, 3.63) is 46.7 Å². The Bertz CT molecular complexity index is 797. The Hall–Kier alpha value is -2.17. The van der Waals surface area contributed by atoms with Crippen LogP contribution in [0, 0.1) is 32.1 Å². The van der Waals surface area contributed by atoms with Gasteiger partial charge in [-0.05, 0) is 44.5 Å². The molecule has 7 heteroatoms. The molecule has 1 heterocycles. The monoisotopic (exact) mass is 305 g/mol. The third kappa shape index (κ3) is 3.29. The Kier molecular flexibility index (Phi) is 4.11. The zero-order chi connectivity index (χ0) is 15.6. The molecule has 0 amide bonds. The van der Waals surface area contributed by atoms with E-state index in [1.165, 1.54) is 18.2 Å². The molecule has 1 aromatic heterocycles. The van der Waals surface area contributed by atoms with Gasteiger partial charge in [0.25, 0.3) is 0 Å². The zero-order valence-corrected chi connectivity index (χ0v) is 12.8. The molecule has 2 aromatic rings. The Morgan fingerprint density at radius 3 is 2.57 bits per heavy atom. The third-order valence-corrected chi connectivity index (χ3v) is 4.51. The van der Waals surface area contributed by atoms with Crippen molar-refractivity contribution >= 4 is 10.0 Å². The highest BCUT2D eigenvalue weighted by Gasteiger charge is 2.16. The van der Waals surface area contributed by atoms with Gasteiger partial charge < -0.3 is 4.42 Å². The van der Waals surface area contributed by atoms with Crippen LogP contribution >= 0.6 is 0 Å². The lowest BCUT2D eigenvalue weighted by molar-refractivity contribution is 0.463. The van der Waals surface area contributed by atoms with Crippen LogP contribution in [0.25, 0.3) is 0 Å². The van der Waals surface area contributed by atoms with Crippen LogP contribution in [0.2, 0.25) is 0 Å². The SMILES string of the molecule is Cc1cc(S(=O)(=O)NCc2nc(C)c(C)o2)ccc1C#N. The highest BCUT2D eigenvalue weighted by Crippen LogP contribution is 2.15. The first-order valence-corrected chi connectivity index (χ1v) is 7.75. The van der Waals surface area contributed by atoms with E-state index in [0.717, 1.165) is 5.69 Å². The predicted octanol–water partition coefficient (Wildman–Crippen LogP) is 1.95. The van der Waals surface area contributed by atoms with E-state index < -0.39 is 10.0 Å². The van der Waals surface area contributed by atoms with Gasteiger partial charge in [0.15, 0.2) is 0 Å². The van der Waals surface area contributed by atoms with Crippen molar-refractivity contribution in [2.75, 3.05) is 0 Å². The van der Waals surface area contributed by atoms with Gasteiger partial charge in [0.2, 0.25) is 15.9 Å². The summed E-state index contributed by atoms with van der Waals surface area (Å²) in [4.78, 5) is 4.23. The van der Waals surface area contributed by atoms with Crippen LogP contribution in [0.5, 0.6) is 0 Å². The summed E-state index contributed by atoms with van der Waals surface area (Å²) in [6, 6.07) is 6.36. The summed E-state index contributed by atoms with van der Waals surface area (Å²) >= 11 is 0. The standard InChI is InChI=1S/C14H15N3O3S/c1-9-6-13(5-4-12(9)7-15)21(18,19)16-8-14-17-10(2)11(3)20-14/h4-6,16H,8H2,1-3H3. The highest BCUT2D eigenvalue weighted by molar-refractivity contribution is 7.89. The van der Waals surface area contributed by atoms with Crippen molar-refractivity contribution < 1.29 is 12.8 Å². The minimum atomic E-state index is -3.67. The molecule has 2 rings (SSSR count). The first kappa shape index (κ1) is 15.2. The number of oxazole rings is 1. The normalized spacial score (nSPS) is 11.3. The number of rotatable bonds is 4. The van der Waals surface area contributed by atoms with Crippen LogP contribution < -0.4 is 4.72 Å². The number of hydrogen-bond donors (Lipinski definition) is 1. The molecule has 0 unspecified atom stereocenters. The summed E-state index contributed by atoms with van der Waals surface area (Å²) in [5.41, 5.74) is 1.80. The quantitative estimate of drug-likeness (QED) is 0.931. The molecule has 0 spiro atoms. The van der Waals surface area contributed by atoms with Crippen molar-refractivity contribution in [1.82, 2.24) is 9.71 Å². The largest absolute Gasteiger partial charge is 0.444 e. The maximum Gasteiger partial charge on any atom is 0.241 e. The van der Waals surface area contributed by atoms with Gasteiger partial charge in [0.05, 0.1) is 28.8 Å². The van der Waals surface area contributed by atoms with E-state index in [1.54, 1.807) is 20.8 Å². The molecule has 0 aliphatic carbocycles. The number of nitrogens with one attached hydrogen (secondary N) is 1. The van der Waals surface area contributed by atoms with E-state index >= 15 is 0 Å². The fourth-order valence-electron chi connectivity index (χ4n) is 1.78. The second-order valence-electron chi connectivity index (χ2n) is 4.66. The Balaban J connectivity index is 2.19. The molecule has 0 radical (unpaired) electrons. The summed E-state index contributed by atoms with van der Waals surface area (Å²) in [6.45, 7) is 5.24. The average Bonchev–Trinajstić information content (AvgIpc) is 2.76.